The third-order valence-electron chi connectivity index (χ3n) is 4.82. The first kappa shape index (κ1) is 16.0. The van der Waals surface area contributed by atoms with Gasteiger partial charge in [0.25, 0.3) is 0 Å². The average molecular weight is 253 g/mol. The summed E-state index contributed by atoms with van der Waals surface area (Å²) in [6, 6.07) is 0.743. The van der Waals surface area contributed by atoms with Crippen LogP contribution in [0.1, 0.15) is 79.1 Å². The first-order valence-electron chi connectivity index (χ1n) is 8.40. The highest BCUT2D eigenvalue weighted by Crippen LogP contribution is 2.34. The molecule has 108 valence electrons. The van der Waals surface area contributed by atoms with Crippen molar-refractivity contribution in [3.63, 3.8) is 0 Å². The molecule has 0 saturated heterocycles. The SMILES string of the molecule is CCCNC(CCC1CCCC(CC)C1)C(C)C. The van der Waals surface area contributed by atoms with E-state index in [1.807, 2.05) is 0 Å². The van der Waals surface area contributed by atoms with Crippen LogP contribution in [-0.4, -0.2) is 12.6 Å². The molecule has 18 heavy (non-hydrogen) atoms. The smallest absolute Gasteiger partial charge is 0.00901 e. The first-order chi connectivity index (χ1) is 8.67. The van der Waals surface area contributed by atoms with Crippen molar-refractivity contribution in [1.29, 1.82) is 0 Å². The molecule has 0 heterocycles. The van der Waals surface area contributed by atoms with Gasteiger partial charge in [-0.1, -0.05) is 53.4 Å². The number of hydrogen-bond acceptors (Lipinski definition) is 1. The van der Waals surface area contributed by atoms with E-state index in [0.29, 0.717) is 0 Å². The van der Waals surface area contributed by atoms with Gasteiger partial charge in [-0.15, -0.1) is 0 Å². The zero-order chi connectivity index (χ0) is 13.4. The van der Waals surface area contributed by atoms with E-state index in [2.05, 4.69) is 33.0 Å². The molecule has 0 aromatic carbocycles. The van der Waals surface area contributed by atoms with Crippen LogP contribution < -0.4 is 5.32 Å². The normalized spacial score (nSPS) is 26.5. The molecule has 3 unspecified atom stereocenters. The molecule has 1 N–H and O–H groups in total. The molecule has 1 aliphatic carbocycles. The summed E-state index contributed by atoms with van der Waals surface area (Å²) < 4.78 is 0. The summed E-state index contributed by atoms with van der Waals surface area (Å²) in [6.45, 7) is 10.5. The van der Waals surface area contributed by atoms with Crippen LogP contribution in [0.15, 0.2) is 0 Å². The van der Waals surface area contributed by atoms with Crippen LogP contribution in [0.3, 0.4) is 0 Å². The maximum absolute atomic E-state index is 3.73. The first-order valence-corrected chi connectivity index (χ1v) is 8.40. The molecule has 1 heteroatoms. The Labute approximate surface area is 115 Å². The maximum atomic E-state index is 3.73. The molecule has 1 rings (SSSR count). The Morgan fingerprint density at radius 3 is 2.44 bits per heavy atom. The molecule has 0 radical (unpaired) electrons. The predicted octanol–water partition coefficient (Wildman–Crippen LogP) is 5.01. The zero-order valence-electron chi connectivity index (χ0n) is 13.2. The molecular weight excluding hydrogens is 218 g/mol. The van der Waals surface area contributed by atoms with Crippen molar-refractivity contribution in [2.75, 3.05) is 6.54 Å². The van der Waals surface area contributed by atoms with E-state index in [9.17, 15) is 0 Å². The molecule has 0 spiro atoms. The van der Waals surface area contributed by atoms with Gasteiger partial charge in [-0.2, -0.15) is 0 Å². The molecule has 1 saturated carbocycles. The second-order valence-corrected chi connectivity index (χ2v) is 6.69. The second-order valence-electron chi connectivity index (χ2n) is 6.69. The van der Waals surface area contributed by atoms with Crippen LogP contribution in [0.2, 0.25) is 0 Å². The zero-order valence-corrected chi connectivity index (χ0v) is 13.2. The minimum absolute atomic E-state index is 0.743. The third-order valence-corrected chi connectivity index (χ3v) is 4.82. The van der Waals surface area contributed by atoms with E-state index in [0.717, 1.165) is 23.8 Å². The molecule has 1 nitrogen and oxygen atoms in total. The van der Waals surface area contributed by atoms with Crippen molar-refractivity contribution in [2.24, 2.45) is 17.8 Å². The third kappa shape index (κ3) is 5.73. The van der Waals surface area contributed by atoms with Gasteiger partial charge in [0, 0.05) is 6.04 Å². The lowest BCUT2D eigenvalue weighted by Gasteiger charge is -2.30. The highest BCUT2D eigenvalue weighted by molar-refractivity contribution is 4.76. The standard InChI is InChI=1S/C17H35N/c1-5-12-18-17(14(3)4)11-10-16-9-7-8-15(6-2)13-16/h14-18H,5-13H2,1-4H3. The topological polar surface area (TPSA) is 12.0 Å². The highest BCUT2D eigenvalue weighted by Gasteiger charge is 2.22. The Morgan fingerprint density at radius 1 is 1.11 bits per heavy atom. The van der Waals surface area contributed by atoms with E-state index in [1.54, 1.807) is 0 Å². The molecule has 3 atom stereocenters. The van der Waals surface area contributed by atoms with E-state index in [-0.39, 0.29) is 0 Å². The fourth-order valence-corrected chi connectivity index (χ4v) is 3.45. The van der Waals surface area contributed by atoms with Gasteiger partial charge in [0.05, 0.1) is 0 Å². The predicted molar refractivity (Wildman–Crippen MR) is 81.9 cm³/mol. The Hall–Kier alpha value is -0.0400. The lowest BCUT2D eigenvalue weighted by Crippen LogP contribution is -2.35. The Morgan fingerprint density at radius 2 is 1.83 bits per heavy atom. The molecule has 0 aromatic heterocycles. The monoisotopic (exact) mass is 253 g/mol. The highest BCUT2D eigenvalue weighted by atomic mass is 14.9. The van der Waals surface area contributed by atoms with E-state index < -0.39 is 0 Å². The Balaban J connectivity index is 2.27. The van der Waals surface area contributed by atoms with Gasteiger partial charge >= 0.3 is 0 Å². The van der Waals surface area contributed by atoms with E-state index in [1.165, 1.54) is 57.9 Å². The van der Waals surface area contributed by atoms with Crippen LogP contribution in [0.5, 0.6) is 0 Å². The molecule has 1 fully saturated rings. The summed E-state index contributed by atoms with van der Waals surface area (Å²) in [5, 5.41) is 3.73. The lowest BCUT2D eigenvalue weighted by atomic mass is 9.77. The van der Waals surface area contributed by atoms with Crippen molar-refractivity contribution in [1.82, 2.24) is 5.32 Å². The molecule has 0 bridgehead atoms. The molecule has 0 aliphatic heterocycles. The van der Waals surface area contributed by atoms with Crippen molar-refractivity contribution in [3.05, 3.63) is 0 Å². The van der Waals surface area contributed by atoms with Crippen LogP contribution in [-0.2, 0) is 0 Å². The molecular formula is C17H35N. The lowest BCUT2D eigenvalue weighted by molar-refractivity contribution is 0.231. The summed E-state index contributed by atoms with van der Waals surface area (Å²) in [5.74, 6) is 2.83. The van der Waals surface area contributed by atoms with Gasteiger partial charge in [0.1, 0.15) is 0 Å². The number of rotatable bonds is 8. The van der Waals surface area contributed by atoms with Crippen molar-refractivity contribution >= 4 is 0 Å². The fourth-order valence-electron chi connectivity index (χ4n) is 3.45. The summed E-state index contributed by atoms with van der Waals surface area (Å²) >= 11 is 0. The summed E-state index contributed by atoms with van der Waals surface area (Å²) in [4.78, 5) is 0. The van der Waals surface area contributed by atoms with Gasteiger partial charge in [-0.05, 0) is 50.0 Å². The Bertz CT molecular complexity index is 200. The second kappa shape index (κ2) is 8.96. The molecule has 0 aromatic rings. The Kier molecular flexibility index (Phi) is 7.97. The van der Waals surface area contributed by atoms with Gasteiger partial charge in [0.2, 0.25) is 0 Å². The summed E-state index contributed by atoms with van der Waals surface area (Å²) in [6.07, 6.45) is 11.5. The van der Waals surface area contributed by atoms with Gasteiger partial charge < -0.3 is 5.32 Å². The van der Waals surface area contributed by atoms with Gasteiger partial charge in [-0.3, -0.25) is 0 Å². The minimum Gasteiger partial charge on any atom is -0.314 e. The maximum Gasteiger partial charge on any atom is 0.00901 e. The van der Waals surface area contributed by atoms with Crippen molar-refractivity contribution in [2.45, 2.75) is 85.1 Å². The van der Waals surface area contributed by atoms with E-state index >= 15 is 0 Å². The average Bonchev–Trinajstić information content (AvgIpc) is 2.38. The number of hydrogen-bond donors (Lipinski definition) is 1. The van der Waals surface area contributed by atoms with Crippen LogP contribution in [0, 0.1) is 17.8 Å². The van der Waals surface area contributed by atoms with E-state index in [4.69, 9.17) is 0 Å². The molecule has 0 amide bonds. The van der Waals surface area contributed by atoms with Gasteiger partial charge in [0.15, 0.2) is 0 Å². The van der Waals surface area contributed by atoms with Crippen LogP contribution in [0.4, 0.5) is 0 Å². The minimum atomic E-state index is 0.743. The summed E-state index contributed by atoms with van der Waals surface area (Å²) in [7, 11) is 0. The van der Waals surface area contributed by atoms with Crippen molar-refractivity contribution < 1.29 is 0 Å². The summed E-state index contributed by atoms with van der Waals surface area (Å²) in [5.41, 5.74) is 0. The quantitative estimate of drug-likeness (QED) is 0.641. The van der Waals surface area contributed by atoms with Crippen LogP contribution >= 0.6 is 0 Å². The molecule has 1 aliphatic rings. The van der Waals surface area contributed by atoms with Gasteiger partial charge in [-0.25, -0.2) is 0 Å². The fraction of sp³-hybridized carbons (Fsp3) is 1.00. The number of nitrogens with one attached hydrogen (secondary N) is 1. The van der Waals surface area contributed by atoms with Crippen LogP contribution in [0.25, 0.3) is 0 Å². The van der Waals surface area contributed by atoms with Crippen molar-refractivity contribution in [3.8, 4) is 0 Å². The largest absolute Gasteiger partial charge is 0.314 e.